The van der Waals surface area contributed by atoms with Crippen LogP contribution in [0.3, 0.4) is 0 Å². The third-order valence-electron chi connectivity index (χ3n) is 6.70. The number of esters is 1. The van der Waals surface area contributed by atoms with Crippen molar-refractivity contribution in [2.45, 2.75) is 38.5 Å². The van der Waals surface area contributed by atoms with Crippen LogP contribution < -0.4 is 19.5 Å². The number of halogens is 1. The molecule has 0 fully saturated rings. The number of Topliss-reactive ketones (excluding diaryl/α,β-unsaturated/α-hetero) is 1. The molecule has 2 aromatic rings. The van der Waals surface area contributed by atoms with Gasteiger partial charge in [-0.05, 0) is 62.1 Å². The predicted octanol–water partition coefficient (Wildman–Crippen LogP) is 5.40. The first-order valence-corrected chi connectivity index (χ1v) is 12.6. The molecule has 4 rings (SSSR count). The Bertz CT molecular complexity index is 1260. The van der Waals surface area contributed by atoms with Crippen LogP contribution in [0.2, 0.25) is 0 Å². The topological polar surface area (TPSA) is 83.1 Å². The van der Waals surface area contributed by atoms with E-state index in [9.17, 15) is 9.59 Å². The first-order chi connectivity index (χ1) is 17.3. The maximum atomic E-state index is 13.8. The van der Waals surface area contributed by atoms with Gasteiger partial charge in [-0.25, -0.2) is 4.79 Å². The fraction of sp³-hybridized carbons (Fsp3) is 0.357. The Morgan fingerprint density at radius 3 is 2.36 bits per heavy atom. The molecule has 0 saturated heterocycles. The molecular formula is C28H30BrNO6. The summed E-state index contributed by atoms with van der Waals surface area (Å²) < 4.78 is 22.7. The number of rotatable bonds is 7. The summed E-state index contributed by atoms with van der Waals surface area (Å²) in [5.74, 6) is 0.731. The molecule has 0 bridgehead atoms. The highest BCUT2D eigenvalue weighted by molar-refractivity contribution is 9.10. The number of carbonyl (C=O) groups excluding carboxylic acids is 2. The maximum absolute atomic E-state index is 13.8. The Labute approximate surface area is 219 Å². The second-order valence-electron chi connectivity index (χ2n) is 8.74. The van der Waals surface area contributed by atoms with E-state index in [4.69, 9.17) is 18.9 Å². The van der Waals surface area contributed by atoms with E-state index in [-0.39, 0.29) is 18.3 Å². The second-order valence-corrected chi connectivity index (χ2v) is 9.65. The molecule has 0 spiro atoms. The van der Waals surface area contributed by atoms with E-state index in [0.29, 0.717) is 46.9 Å². The van der Waals surface area contributed by atoms with Gasteiger partial charge in [-0.1, -0.05) is 22.0 Å². The van der Waals surface area contributed by atoms with Gasteiger partial charge in [-0.15, -0.1) is 0 Å². The van der Waals surface area contributed by atoms with Gasteiger partial charge in [-0.2, -0.15) is 0 Å². The molecule has 2 aliphatic rings. The van der Waals surface area contributed by atoms with Crippen molar-refractivity contribution in [1.29, 1.82) is 0 Å². The third-order valence-corrected chi connectivity index (χ3v) is 7.20. The number of carbonyl (C=O) groups is 2. The van der Waals surface area contributed by atoms with Crippen LogP contribution in [-0.4, -0.2) is 39.7 Å². The normalized spacial score (nSPS) is 19.4. The Morgan fingerprint density at radius 1 is 1.00 bits per heavy atom. The van der Waals surface area contributed by atoms with Crippen LogP contribution in [0.1, 0.15) is 49.7 Å². The van der Waals surface area contributed by atoms with Crippen molar-refractivity contribution in [3.63, 3.8) is 0 Å². The lowest BCUT2D eigenvalue weighted by Gasteiger charge is -2.37. The highest BCUT2D eigenvalue weighted by atomic mass is 79.9. The van der Waals surface area contributed by atoms with E-state index in [1.165, 1.54) is 0 Å². The minimum Gasteiger partial charge on any atom is -0.496 e. The van der Waals surface area contributed by atoms with Crippen LogP contribution in [0.25, 0.3) is 0 Å². The van der Waals surface area contributed by atoms with Crippen LogP contribution >= 0.6 is 15.9 Å². The summed E-state index contributed by atoms with van der Waals surface area (Å²) in [4.78, 5) is 27.0. The fourth-order valence-electron chi connectivity index (χ4n) is 5.10. The van der Waals surface area contributed by atoms with Crippen LogP contribution in [-0.2, 0) is 14.3 Å². The van der Waals surface area contributed by atoms with Crippen LogP contribution in [0.4, 0.5) is 0 Å². The molecule has 1 heterocycles. The molecule has 1 aliphatic carbocycles. The monoisotopic (exact) mass is 555 g/mol. The van der Waals surface area contributed by atoms with Gasteiger partial charge < -0.3 is 24.3 Å². The maximum Gasteiger partial charge on any atom is 0.336 e. The van der Waals surface area contributed by atoms with Gasteiger partial charge in [0.1, 0.15) is 5.75 Å². The van der Waals surface area contributed by atoms with E-state index in [1.807, 2.05) is 43.3 Å². The number of benzene rings is 2. The predicted molar refractivity (Wildman–Crippen MR) is 139 cm³/mol. The number of methoxy groups -OCH3 is 3. The SMILES string of the molecule is CCOC(=O)C1=C(C)NC2=C(C(=O)C[C@H](c3ccc(OC)c(OC)c3)C2)[C@@H]1c1cc(Br)ccc1OC. The minimum atomic E-state index is -0.605. The van der Waals surface area contributed by atoms with E-state index in [1.54, 1.807) is 28.3 Å². The number of hydrogen-bond donors (Lipinski definition) is 1. The van der Waals surface area contributed by atoms with Crippen molar-refractivity contribution < 1.29 is 28.5 Å². The zero-order valence-corrected chi connectivity index (χ0v) is 22.7. The number of ether oxygens (including phenoxy) is 4. The summed E-state index contributed by atoms with van der Waals surface area (Å²) in [7, 11) is 4.77. The Morgan fingerprint density at radius 2 is 1.69 bits per heavy atom. The molecule has 0 radical (unpaired) electrons. The lowest BCUT2D eigenvalue weighted by Crippen LogP contribution is -2.36. The minimum absolute atomic E-state index is 0.0233. The fourth-order valence-corrected chi connectivity index (χ4v) is 5.48. The van der Waals surface area contributed by atoms with Gasteiger partial charge in [0.25, 0.3) is 0 Å². The van der Waals surface area contributed by atoms with Crippen molar-refractivity contribution in [3.8, 4) is 17.2 Å². The van der Waals surface area contributed by atoms with Crippen molar-refractivity contribution in [3.05, 3.63) is 74.5 Å². The zero-order chi connectivity index (χ0) is 26.0. The van der Waals surface area contributed by atoms with E-state index in [0.717, 1.165) is 21.3 Å². The highest BCUT2D eigenvalue weighted by Crippen LogP contribution is 2.48. The molecule has 7 nitrogen and oxygen atoms in total. The Hall–Kier alpha value is -3.26. The molecular weight excluding hydrogens is 526 g/mol. The van der Waals surface area contributed by atoms with Gasteiger partial charge in [0.15, 0.2) is 17.3 Å². The van der Waals surface area contributed by atoms with E-state index < -0.39 is 11.9 Å². The number of allylic oxidation sites excluding steroid dienone is 3. The average Bonchev–Trinajstić information content (AvgIpc) is 2.87. The van der Waals surface area contributed by atoms with Crippen LogP contribution in [0, 0.1) is 0 Å². The molecule has 0 aromatic heterocycles. The Kier molecular flexibility index (Phi) is 7.73. The molecule has 0 unspecified atom stereocenters. The Balaban J connectivity index is 1.83. The lowest BCUT2D eigenvalue weighted by atomic mass is 9.71. The van der Waals surface area contributed by atoms with Crippen LogP contribution in [0.15, 0.2) is 63.4 Å². The van der Waals surface area contributed by atoms with Crippen molar-refractivity contribution in [1.82, 2.24) is 5.32 Å². The number of dihydropyridines is 1. The summed E-state index contributed by atoms with van der Waals surface area (Å²) in [6.07, 6.45) is 0.911. The summed E-state index contributed by atoms with van der Waals surface area (Å²) in [5, 5.41) is 3.37. The summed E-state index contributed by atoms with van der Waals surface area (Å²) in [6, 6.07) is 11.4. The van der Waals surface area contributed by atoms with Crippen molar-refractivity contribution in [2.24, 2.45) is 0 Å². The molecule has 2 aromatic carbocycles. The molecule has 1 aliphatic heterocycles. The van der Waals surface area contributed by atoms with Crippen molar-refractivity contribution >= 4 is 27.7 Å². The van der Waals surface area contributed by atoms with Gasteiger partial charge in [0, 0.05) is 33.4 Å². The largest absolute Gasteiger partial charge is 0.496 e. The zero-order valence-electron chi connectivity index (χ0n) is 21.1. The number of ketones is 1. The first kappa shape index (κ1) is 25.8. The lowest BCUT2D eigenvalue weighted by molar-refractivity contribution is -0.138. The summed E-state index contributed by atoms with van der Waals surface area (Å²) in [6.45, 7) is 3.85. The van der Waals surface area contributed by atoms with Gasteiger partial charge >= 0.3 is 5.97 Å². The molecule has 0 amide bonds. The number of hydrogen-bond acceptors (Lipinski definition) is 7. The van der Waals surface area contributed by atoms with Gasteiger partial charge in [-0.3, -0.25) is 4.79 Å². The molecule has 190 valence electrons. The molecule has 0 saturated carbocycles. The summed E-state index contributed by atoms with van der Waals surface area (Å²) in [5.41, 5.74) is 4.20. The van der Waals surface area contributed by atoms with Crippen LogP contribution in [0.5, 0.6) is 17.2 Å². The number of nitrogens with one attached hydrogen (secondary N) is 1. The highest BCUT2D eigenvalue weighted by Gasteiger charge is 2.42. The van der Waals surface area contributed by atoms with Gasteiger partial charge in [0.05, 0.1) is 39.4 Å². The standard InChI is InChI=1S/C28H30BrNO6/c1-6-36-28(32)25-15(2)30-20-11-17(16-7-9-23(34-4)24(13-16)35-5)12-21(31)27(20)26(25)19-14-18(29)8-10-22(19)33-3/h7-10,13-14,17,26,30H,6,11-12H2,1-5H3/t17-,26-/m1/s1. The van der Waals surface area contributed by atoms with Crippen molar-refractivity contribution in [2.75, 3.05) is 27.9 Å². The van der Waals surface area contributed by atoms with E-state index in [2.05, 4.69) is 21.2 Å². The smallest absolute Gasteiger partial charge is 0.336 e. The van der Waals surface area contributed by atoms with E-state index >= 15 is 0 Å². The quantitative estimate of drug-likeness (QED) is 0.458. The van der Waals surface area contributed by atoms with Gasteiger partial charge in [0.2, 0.25) is 0 Å². The molecule has 1 N–H and O–H groups in total. The second kappa shape index (κ2) is 10.8. The molecule has 2 atom stereocenters. The molecule has 8 heteroatoms. The third kappa shape index (κ3) is 4.74. The summed E-state index contributed by atoms with van der Waals surface area (Å²) >= 11 is 3.54. The average molecular weight is 556 g/mol. The molecule has 36 heavy (non-hydrogen) atoms. The first-order valence-electron chi connectivity index (χ1n) is 11.8.